The summed E-state index contributed by atoms with van der Waals surface area (Å²) in [4.78, 5) is 16.0. The minimum Gasteiger partial charge on any atom is -0.481 e. The Hall–Kier alpha value is -3.21. The van der Waals surface area contributed by atoms with Crippen LogP contribution in [-0.2, 0) is 4.79 Å². The van der Waals surface area contributed by atoms with Crippen molar-refractivity contribution in [2.45, 2.75) is 13.0 Å². The van der Waals surface area contributed by atoms with Crippen molar-refractivity contribution in [3.05, 3.63) is 72.6 Å². The van der Waals surface area contributed by atoms with Crippen molar-refractivity contribution in [2.24, 2.45) is 5.10 Å². The molecule has 0 aliphatic carbocycles. The largest absolute Gasteiger partial charge is 0.481 e. The van der Waals surface area contributed by atoms with Crippen LogP contribution in [0.25, 0.3) is 10.8 Å². The second-order valence-corrected chi connectivity index (χ2v) is 5.29. The van der Waals surface area contributed by atoms with Crippen molar-refractivity contribution in [3.8, 4) is 5.75 Å². The summed E-state index contributed by atoms with van der Waals surface area (Å²) in [6.07, 6.45) is 4.21. The first-order valence-corrected chi connectivity index (χ1v) is 7.61. The topological polar surface area (TPSA) is 63.6 Å². The normalized spacial score (nSPS) is 12.2. The molecule has 1 heterocycles. The highest BCUT2D eigenvalue weighted by Crippen LogP contribution is 2.21. The molecule has 120 valence electrons. The standard InChI is InChI=1S/C19H17N3O2/c1-14(19(23)22-21-13-15-5-4-10-20-12-15)24-18-9-8-16-6-2-3-7-17(16)11-18/h2-14H,1H3,(H,22,23)/b21-13-/t14-/m1/s1. The highest BCUT2D eigenvalue weighted by atomic mass is 16.5. The van der Waals surface area contributed by atoms with Crippen molar-refractivity contribution >= 4 is 22.9 Å². The van der Waals surface area contributed by atoms with E-state index >= 15 is 0 Å². The summed E-state index contributed by atoms with van der Waals surface area (Å²) in [6.45, 7) is 1.68. The smallest absolute Gasteiger partial charge is 0.280 e. The van der Waals surface area contributed by atoms with Gasteiger partial charge in [-0.3, -0.25) is 9.78 Å². The molecular formula is C19H17N3O2. The average Bonchev–Trinajstić information content (AvgIpc) is 2.62. The second-order valence-electron chi connectivity index (χ2n) is 5.29. The monoisotopic (exact) mass is 319 g/mol. The number of hydrazone groups is 1. The van der Waals surface area contributed by atoms with Crippen LogP contribution in [0, 0.1) is 0 Å². The molecule has 0 bridgehead atoms. The lowest BCUT2D eigenvalue weighted by Gasteiger charge is -2.13. The fourth-order valence-electron chi connectivity index (χ4n) is 2.21. The zero-order chi connectivity index (χ0) is 16.8. The second kappa shape index (κ2) is 7.37. The van der Waals surface area contributed by atoms with Crippen molar-refractivity contribution in [1.29, 1.82) is 0 Å². The van der Waals surface area contributed by atoms with Crippen LogP contribution in [0.2, 0.25) is 0 Å². The molecule has 5 heteroatoms. The summed E-state index contributed by atoms with van der Waals surface area (Å²) < 4.78 is 5.69. The molecule has 3 rings (SSSR count). The van der Waals surface area contributed by atoms with Crippen LogP contribution in [-0.4, -0.2) is 23.2 Å². The van der Waals surface area contributed by atoms with Gasteiger partial charge in [0.1, 0.15) is 5.75 Å². The van der Waals surface area contributed by atoms with Gasteiger partial charge in [0.15, 0.2) is 6.10 Å². The molecule has 1 amide bonds. The predicted octanol–water partition coefficient (Wildman–Crippen LogP) is 3.15. The number of carbonyl (C=O) groups is 1. The summed E-state index contributed by atoms with van der Waals surface area (Å²) >= 11 is 0. The maximum absolute atomic E-state index is 12.0. The molecule has 0 aliphatic rings. The zero-order valence-corrected chi connectivity index (χ0v) is 13.2. The van der Waals surface area contributed by atoms with Gasteiger partial charge in [-0.15, -0.1) is 0 Å². The number of hydrogen-bond donors (Lipinski definition) is 1. The van der Waals surface area contributed by atoms with Crippen molar-refractivity contribution in [1.82, 2.24) is 10.4 Å². The van der Waals surface area contributed by atoms with Crippen molar-refractivity contribution in [3.63, 3.8) is 0 Å². The number of amides is 1. The molecule has 0 saturated heterocycles. The van der Waals surface area contributed by atoms with Gasteiger partial charge in [-0.25, -0.2) is 5.43 Å². The van der Waals surface area contributed by atoms with E-state index < -0.39 is 6.10 Å². The van der Waals surface area contributed by atoms with Crippen molar-refractivity contribution in [2.75, 3.05) is 0 Å². The van der Waals surface area contributed by atoms with E-state index in [-0.39, 0.29) is 5.91 Å². The van der Waals surface area contributed by atoms with Gasteiger partial charge in [0.05, 0.1) is 6.21 Å². The Labute approximate surface area is 140 Å². The van der Waals surface area contributed by atoms with Crippen LogP contribution in [0.3, 0.4) is 0 Å². The molecule has 0 aliphatic heterocycles. The number of nitrogens with one attached hydrogen (secondary N) is 1. The molecule has 24 heavy (non-hydrogen) atoms. The molecule has 1 N–H and O–H groups in total. The average molecular weight is 319 g/mol. The SMILES string of the molecule is C[C@@H](Oc1ccc2ccccc2c1)C(=O)N/N=C\c1cccnc1. The van der Waals surface area contributed by atoms with Gasteiger partial charge in [0.25, 0.3) is 5.91 Å². The Morgan fingerprint density at radius 2 is 2.00 bits per heavy atom. The van der Waals surface area contributed by atoms with Gasteiger partial charge in [-0.1, -0.05) is 36.4 Å². The van der Waals surface area contributed by atoms with Gasteiger partial charge >= 0.3 is 0 Å². The number of pyridine rings is 1. The van der Waals surface area contributed by atoms with Crippen LogP contribution in [0.1, 0.15) is 12.5 Å². The first-order chi connectivity index (χ1) is 11.7. The first-order valence-electron chi connectivity index (χ1n) is 7.61. The van der Waals surface area contributed by atoms with Crippen LogP contribution < -0.4 is 10.2 Å². The molecule has 0 saturated carbocycles. The molecule has 3 aromatic rings. The number of ether oxygens (including phenoxy) is 1. The van der Waals surface area contributed by atoms with Gasteiger partial charge in [0, 0.05) is 18.0 Å². The molecule has 1 atom stereocenters. The molecule has 2 aromatic carbocycles. The van der Waals surface area contributed by atoms with E-state index in [0.717, 1.165) is 16.3 Å². The third-order valence-electron chi connectivity index (χ3n) is 3.48. The number of rotatable bonds is 5. The van der Waals surface area contributed by atoms with Gasteiger partial charge in [0.2, 0.25) is 0 Å². The van der Waals surface area contributed by atoms with E-state index in [4.69, 9.17) is 4.74 Å². The fraction of sp³-hybridized carbons (Fsp3) is 0.105. The number of benzene rings is 2. The molecular weight excluding hydrogens is 302 g/mol. The van der Waals surface area contributed by atoms with E-state index in [1.807, 2.05) is 48.5 Å². The van der Waals surface area contributed by atoms with Gasteiger partial charge < -0.3 is 4.74 Å². The summed E-state index contributed by atoms with van der Waals surface area (Å²) in [5.74, 6) is 0.330. The Balaban J connectivity index is 1.59. The van der Waals surface area contributed by atoms with E-state index in [2.05, 4.69) is 15.5 Å². The summed E-state index contributed by atoms with van der Waals surface area (Å²) in [5, 5.41) is 6.10. The number of aromatic nitrogens is 1. The quantitative estimate of drug-likeness (QED) is 0.580. The van der Waals surface area contributed by atoms with Gasteiger partial charge in [-0.05, 0) is 35.9 Å². The van der Waals surface area contributed by atoms with Crippen LogP contribution in [0.4, 0.5) is 0 Å². The number of nitrogens with zero attached hydrogens (tertiary/aromatic N) is 2. The summed E-state index contributed by atoms with van der Waals surface area (Å²) in [7, 11) is 0. The van der Waals surface area contributed by atoms with Crippen molar-refractivity contribution < 1.29 is 9.53 Å². The molecule has 0 radical (unpaired) electrons. The van der Waals surface area contributed by atoms with Gasteiger partial charge in [-0.2, -0.15) is 5.10 Å². The Morgan fingerprint density at radius 1 is 1.17 bits per heavy atom. The number of fused-ring (bicyclic) bond motifs is 1. The Morgan fingerprint density at radius 3 is 2.79 bits per heavy atom. The number of carbonyl (C=O) groups excluding carboxylic acids is 1. The highest BCUT2D eigenvalue weighted by molar-refractivity contribution is 5.85. The minimum atomic E-state index is -0.655. The zero-order valence-electron chi connectivity index (χ0n) is 13.2. The van der Waals surface area contributed by atoms with Crippen LogP contribution in [0.15, 0.2) is 72.1 Å². The third-order valence-corrected chi connectivity index (χ3v) is 3.48. The van der Waals surface area contributed by atoms with E-state index in [1.54, 1.807) is 25.4 Å². The predicted molar refractivity (Wildman–Crippen MR) is 94.0 cm³/mol. The Kier molecular flexibility index (Phi) is 4.81. The van der Waals surface area contributed by atoms with E-state index in [1.165, 1.54) is 6.21 Å². The summed E-state index contributed by atoms with van der Waals surface area (Å²) in [6, 6.07) is 17.4. The molecule has 0 fully saturated rings. The lowest BCUT2D eigenvalue weighted by Crippen LogP contribution is -2.33. The molecule has 0 spiro atoms. The number of hydrogen-bond acceptors (Lipinski definition) is 4. The molecule has 1 aromatic heterocycles. The summed E-state index contributed by atoms with van der Waals surface area (Å²) in [5.41, 5.74) is 3.27. The first kappa shape index (κ1) is 15.7. The fourth-order valence-corrected chi connectivity index (χ4v) is 2.21. The third kappa shape index (κ3) is 3.95. The Bertz CT molecular complexity index is 863. The molecule has 0 unspecified atom stereocenters. The van der Waals surface area contributed by atoms with Crippen LogP contribution in [0.5, 0.6) is 5.75 Å². The molecule has 5 nitrogen and oxygen atoms in total. The lowest BCUT2D eigenvalue weighted by molar-refractivity contribution is -0.127. The van der Waals surface area contributed by atoms with Crippen LogP contribution >= 0.6 is 0 Å². The van der Waals surface area contributed by atoms with E-state index in [0.29, 0.717) is 5.75 Å². The highest BCUT2D eigenvalue weighted by Gasteiger charge is 2.14. The maximum atomic E-state index is 12.0. The lowest BCUT2D eigenvalue weighted by atomic mass is 10.1. The minimum absolute atomic E-state index is 0.316. The maximum Gasteiger partial charge on any atom is 0.280 e. The van der Waals surface area contributed by atoms with E-state index in [9.17, 15) is 4.79 Å².